The van der Waals surface area contributed by atoms with Crippen molar-refractivity contribution in [2.75, 3.05) is 5.73 Å². The lowest BCUT2D eigenvalue weighted by molar-refractivity contribution is 1.34. The number of rotatable bonds is 1. The summed E-state index contributed by atoms with van der Waals surface area (Å²) >= 11 is 4.79. The van der Waals surface area contributed by atoms with Crippen LogP contribution in [0.2, 0.25) is 0 Å². The third-order valence-corrected chi connectivity index (χ3v) is 3.36. The second-order valence-corrected chi connectivity index (χ2v) is 5.30. The molecule has 2 N–H and O–H groups in total. The van der Waals surface area contributed by atoms with Crippen LogP contribution in [0.5, 0.6) is 0 Å². The van der Waals surface area contributed by atoms with E-state index in [4.69, 9.17) is 5.73 Å². The maximum absolute atomic E-state index is 5.87. The highest BCUT2D eigenvalue weighted by Gasteiger charge is 2.10. The minimum absolute atomic E-state index is 0.756. The summed E-state index contributed by atoms with van der Waals surface area (Å²) in [5, 5.41) is 0.756. The smallest absolute Gasteiger partial charge is 0.161 e. The number of halogens is 1. The first-order chi connectivity index (χ1) is 6.68. The average Bonchev–Trinajstić information content (AvgIpc) is 2.46. The largest absolute Gasteiger partial charge is 0.389 e. The second kappa shape index (κ2) is 3.71. The first-order valence-electron chi connectivity index (χ1n) is 4.16. The number of nitrogens with two attached hydrogens (primary N) is 1. The lowest BCUT2D eigenvalue weighted by atomic mass is 10.1. The monoisotopic (exact) mass is 268 g/mol. The van der Waals surface area contributed by atoms with Gasteiger partial charge in [-0.15, -0.1) is 0 Å². The highest BCUT2D eigenvalue weighted by atomic mass is 79.9. The van der Waals surface area contributed by atoms with Crippen molar-refractivity contribution >= 4 is 32.3 Å². The van der Waals surface area contributed by atoms with Gasteiger partial charge in [-0.2, -0.15) is 0 Å². The summed E-state index contributed by atoms with van der Waals surface area (Å²) in [6.45, 7) is 2.06. The van der Waals surface area contributed by atoms with Crippen molar-refractivity contribution in [2.45, 2.75) is 6.92 Å². The average molecular weight is 269 g/mol. The summed E-state index contributed by atoms with van der Waals surface area (Å²) in [7, 11) is 0. The molecule has 1 aromatic carbocycles. The number of hydrogen-bond donors (Lipinski definition) is 1. The fourth-order valence-corrected chi connectivity index (χ4v) is 2.61. The third-order valence-electron chi connectivity index (χ3n) is 2.03. The Hall–Kier alpha value is -0.870. The zero-order chi connectivity index (χ0) is 10.1. The molecule has 0 saturated carbocycles. The van der Waals surface area contributed by atoms with Crippen molar-refractivity contribution in [3.8, 4) is 11.3 Å². The summed E-state index contributed by atoms with van der Waals surface area (Å²) in [6.07, 6.45) is 0. The predicted molar refractivity (Wildman–Crippen MR) is 64.4 cm³/mol. The summed E-state index contributed by atoms with van der Waals surface area (Å²) in [5.41, 5.74) is 9.04. The zero-order valence-electron chi connectivity index (χ0n) is 7.62. The molecule has 0 radical (unpaired) electrons. The molecule has 4 heteroatoms. The van der Waals surface area contributed by atoms with Crippen LogP contribution in [-0.2, 0) is 0 Å². The number of thiazole rings is 1. The van der Waals surface area contributed by atoms with E-state index in [0.29, 0.717) is 0 Å². The quantitative estimate of drug-likeness (QED) is 0.861. The van der Waals surface area contributed by atoms with Gasteiger partial charge in [0, 0.05) is 5.56 Å². The van der Waals surface area contributed by atoms with Crippen LogP contribution >= 0.6 is 27.3 Å². The summed E-state index contributed by atoms with van der Waals surface area (Å²) in [6, 6.07) is 8.10. The van der Waals surface area contributed by atoms with Gasteiger partial charge in [-0.1, -0.05) is 35.6 Å². The normalized spacial score (nSPS) is 10.4. The summed E-state index contributed by atoms with van der Waals surface area (Å²) in [5.74, 6) is 0. The van der Waals surface area contributed by atoms with E-state index in [2.05, 4.69) is 33.9 Å². The van der Waals surface area contributed by atoms with Gasteiger partial charge >= 0.3 is 0 Å². The Morgan fingerprint density at radius 1 is 1.36 bits per heavy atom. The van der Waals surface area contributed by atoms with Crippen LogP contribution in [0.1, 0.15) is 5.56 Å². The zero-order valence-corrected chi connectivity index (χ0v) is 10.0. The predicted octanol–water partition coefficient (Wildman–Crippen LogP) is 3.46. The standard InChI is InChI=1S/C10H9BrN2S/c1-6-4-2-3-5-7(6)8-9(12)14-10(11)13-8/h2-5H,12H2,1H3. The summed E-state index contributed by atoms with van der Waals surface area (Å²) < 4.78 is 0.827. The van der Waals surface area contributed by atoms with Gasteiger partial charge in [-0.25, -0.2) is 4.98 Å². The van der Waals surface area contributed by atoms with Gasteiger partial charge < -0.3 is 5.73 Å². The Bertz CT molecular complexity index is 465. The van der Waals surface area contributed by atoms with E-state index < -0.39 is 0 Å². The highest BCUT2D eigenvalue weighted by molar-refractivity contribution is 9.11. The van der Waals surface area contributed by atoms with Gasteiger partial charge in [-0.05, 0) is 28.4 Å². The number of anilines is 1. The Labute approximate surface area is 94.9 Å². The number of benzene rings is 1. The molecule has 1 aromatic heterocycles. The van der Waals surface area contributed by atoms with Crippen molar-refractivity contribution in [2.24, 2.45) is 0 Å². The fourth-order valence-electron chi connectivity index (χ4n) is 1.34. The van der Waals surface area contributed by atoms with Crippen LogP contribution in [0, 0.1) is 6.92 Å². The Morgan fingerprint density at radius 3 is 2.64 bits per heavy atom. The van der Waals surface area contributed by atoms with Gasteiger partial charge in [0.1, 0.15) is 10.7 Å². The van der Waals surface area contributed by atoms with E-state index in [1.807, 2.05) is 18.2 Å². The van der Waals surface area contributed by atoms with E-state index in [9.17, 15) is 0 Å². The van der Waals surface area contributed by atoms with Crippen LogP contribution in [0.4, 0.5) is 5.00 Å². The van der Waals surface area contributed by atoms with E-state index in [0.717, 1.165) is 20.2 Å². The molecule has 14 heavy (non-hydrogen) atoms. The number of nitrogens with zero attached hydrogens (tertiary/aromatic N) is 1. The molecular formula is C10H9BrN2S. The van der Waals surface area contributed by atoms with E-state index >= 15 is 0 Å². The van der Waals surface area contributed by atoms with Crippen LogP contribution in [0.15, 0.2) is 28.2 Å². The lowest BCUT2D eigenvalue weighted by Crippen LogP contribution is -1.88. The van der Waals surface area contributed by atoms with Gasteiger partial charge in [0.05, 0.1) is 0 Å². The molecule has 0 unspecified atom stereocenters. The third kappa shape index (κ3) is 1.67. The van der Waals surface area contributed by atoms with Crippen LogP contribution in [-0.4, -0.2) is 4.98 Å². The molecule has 1 heterocycles. The lowest BCUT2D eigenvalue weighted by Gasteiger charge is -2.02. The van der Waals surface area contributed by atoms with Crippen LogP contribution < -0.4 is 5.73 Å². The van der Waals surface area contributed by atoms with Crippen molar-refractivity contribution in [1.82, 2.24) is 4.98 Å². The first-order valence-corrected chi connectivity index (χ1v) is 5.77. The maximum atomic E-state index is 5.87. The molecule has 0 saturated heterocycles. The topological polar surface area (TPSA) is 38.9 Å². The Morgan fingerprint density at radius 2 is 2.07 bits per heavy atom. The maximum Gasteiger partial charge on any atom is 0.161 e. The number of nitrogen functional groups attached to an aromatic ring is 1. The Kier molecular flexibility index (Phi) is 2.56. The summed E-state index contributed by atoms with van der Waals surface area (Å²) in [4.78, 5) is 4.35. The molecule has 2 nitrogen and oxygen atoms in total. The van der Waals surface area contributed by atoms with Crippen molar-refractivity contribution < 1.29 is 0 Å². The minimum atomic E-state index is 0.756. The number of aryl methyl sites for hydroxylation is 1. The van der Waals surface area contributed by atoms with Gasteiger partial charge in [-0.3, -0.25) is 0 Å². The molecule has 72 valence electrons. The van der Waals surface area contributed by atoms with Crippen molar-refractivity contribution in [3.63, 3.8) is 0 Å². The molecule has 0 fully saturated rings. The highest BCUT2D eigenvalue weighted by Crippen LogP contribution is 2.34. The first kappa shape index (κ1) is 9.68. The number of aromatic nitrogens is 1. The molecular weight excluding hydrogens is 260 g/mol. The molecule has 0 aliphatic carbocycles. The van der Waals surface area contributed by atoms with E-state index in [-0.39, 0.29) is 0 Å². The molecule has 2 aromatic rings. The van der Waals surface area contributed by atoms with Crippen molar-refractivity contribution in [1.29, 1.82) is 0 Å². The molecule has 0 aliphatic rings. The SMILES string of the molecule is Cc1ccccc1-c1nc(Br)sc1N. The fraction of sp³-hybridized carbons (Fsp3) is 0.100. The molecule has 0 atom stereocenters. The van der Waals surface area contributed by atoms with Crippen LogP contribution in [0.3, 0.4) is 0 Å². The van der Waals surface area contributed by atoms with Crippen LogP contribution in [0.25, 0.3) is 11.3 Å². The minimum Gasteiger partial charge on any atom is -0.389 e. The number of hydrogen-bond acceptors (Lipinski definition) is 3. The van der Waals surface area contributed by atoms with E-state index in [1.165, 1.54) is 16.9 Å². The Balaban J connectivity index is 2.60. The van der Waals surface area contributed by atoms with Crippen molar-refractivity contribution in [3.05, 3.63) is 33.7 Å². The van der Waals surface area contributed by atoms with Gasteiger partial charge in [0.2, 0.25) is 0 Å². The van der Waals surface area contributed by atoms with E-state index in [1.54, 1.807) is 0 Å². The molecule has 0 aliphatic heterocycles. The molecule has 0 bridgehead atoms. The van der Waals surface area contributed by atoms with Gasteiger partial charge in [0.25, 0.3) is 0 Å². The molecule has 0 amide bonds. The second-order valence-electron chi connectivity index (χ2n) is 2.99. The molecule has 2 rings (SSSR count). The molecule has 0 spiro atoms. The van der Waals surface area contributed by atoms with Gasteiger partial charge in [0.15, 0.2) is 3.92 Å².